The fourth-order valence-electron chi connectivity index (χ4n) is 2.64. The molecule has 1 aliphatic heterocycles. The van der Waals surface area contributed by atoms with Crippen LogP contribution in [0.2, 0.25) is 0 Å². The van der Waals surface area contributed by atoms with Gasteiger partial charge in [0.1, 0.15) is 12.5 Å². The maximum absolute atomic E-state index is 12.1. The molecule has 5 heteroatoms. The molecule has 21 heavy (non-hydrogen) atoms. The molecule has 1 heterocycles. The largest absolute Gasteiger partial charge is 0.461 e. The molecule has 0 bridgehead atoms. The highest BCUT2D eigenvalue weighted by molar-refractivity contribution is 5.73. The smallest absolute Gasteiger partial charge is 0.314 e. The van der Waals surface area contributed by atoms with Crippen molar-refractivity contribution >= 4 is 5.97 Å². The minimum Gasteiger partial charge on any atom is -0.461 e. The summed E-state index contributed by atoms with van der Waals surface area (Å²) in [5.41, 5.74) is -0.380. The van der Waals surface area contributed by atoms with Crippen LogP contribution in [-0.4, -0.2) is 43.3 Å². The van der Waals surface area contributed by atoms with Gasteiger partial charge in [0.05, 0.1) is 12.7 Å². The van der Waals surface area contributed by atoms with Crippen molar-refractivity contribution in [3.05, 3.63) is 12.7 Å². The Kier molecular flexibility index (Phi) is 6.38. The molecular weight excluding hydrogens is 272 g/mol. The van der Waals surface area contributed by atoms with E-state index >= 15 is 0 Å². The van der Waals surface area contributed by atoms with Crippen molar-refractivity contribution < 1.29 is 24.1 Å². The van der Waals surface area contributed by atoms with Gasteiger partial charge in [-0.1, -0.05) is 26.5 Å². The van der Waals surface area contributed by atoms with Gasteiger partial charge in [-0.25, -0.2) is 0 Å². The van der Waals surface area contributed by atoms with Crippen LogP contribution in [0.1, 0.15) is 40.0 Å². The van der Waals surface area contributed by atoms with Gasteiger partial charge in [-0.2, -0.15) is 0 Å². The van der Waals surface area contributed by atoms with Gasteiger partial charge in [0.25, 0.3) is 0 Å². The fourth-order valence-corrected chi connectivity index (χ4v) is 2.64. The van der Waals surface area contributed by atoms with Crippen molar-refractivity contribution in [2.24, 2.45) is 11.3 Å². The van der Waals surface area contributed by atoms with Gasteiger partial charge in [0, 0.05) is 18.9 Å². The number of hydrogen-bond donors (Lipinski definition) is 1. The predicted octanol–water partition coefficient (Wildman–Crippen LogP) is 2.28. The van der Waals surface area contributed by atoms with Crippen LogP contribution in [0.5, 0.6) is 0 Å². The Bertz CT molecular complexity index is 366. The molecular formula is C16H28O5. The zero-order chi connectivity index (χ0) is 16.1. The lowest BCUT2D eigenvalue weighted by molar-refractivity contribution is -0.308. The third-order valence-corrected chi connectivity index (χ3v) is 4.31. The van der Waals surface area contributed by atoms with Crippen LogP contribution in [-0.2, 0) is 19.0 Å². The van der Waals surface area contributed by atoms with Crippen molar-refractivity contribution in [2.45, 2.75) is 51.9 Å². The number of carbonyl (C=O) groups excluding carboxylic acids is 1. The average Bonchev–Trinajstić information content (AvgIpc) is 2.51. The van der Waals surface area contributed by atoms with Crippen LogP contribution >= 0.6 is 0 Å². The van der Waals surface area contributed by atoms with E-state index in [0.717, 1.165) is 12.8 Å². The van der Waals surface area contributed by atoms with Crippen LogP contribution in [0.25, 0.3) is 0 Å². The SMILES string of the molecule is C=CCOC(=O)C(C)[C@]1(OC)CCC[C@H](C(C)(C)CO)O1. The normalized spacial score (nSPS) is 28.0. The summed E-state index contributed by atoms with van der Waals surface area (Å²) in [6.45, 7) is 9.38. The van der Waals surface area contributed by atoms with E-state index in [0.29, 0.717) is 6.42 Å². The number of aliphatic hydroxyl groups is 1. The molecule has 0 amide bonds. The van der Waals surface area contributed by atoms with Crippen LogP contribution in [0, 0.1) is 11.3 Å². The average molecular weight is 300 g/mol. The number of hydrogen-bond acceptors (Lipinski definition) is 5. The van der Waals surface area contributed by atoms with Crippen LogP contribution in [0.4, 0.5) is 0 Å². The van der Waals surface area contributed by atoms with E-state index < -0.39 is 11.7 Å². The number of methoxy groups -OCH3 is 1. The van der Waals surface area contributed by atoms with Gasteiger partial charge >= 0.3 is 5.97 Å². The summed E-state index contributed by atoms with van der Waals surface area (Å²) in [4.78, 5) is 12.1. The lowest BCUT2D eigenvalue weighted by Crippen LogP contribution is -2.54. The highest BCUT2D eigenvalue weighted by atomic mass is 16.7. The Morgan fingerprint density at radius 3 is 2.81 bits per heavy atom. The van der Waals surface area contributed by atoms with Crippen LogP contribution in [0.15, 0.2) is 12.7 Å². The lowest BCUT2D eigenvalue weighted by atomic mass is 9.80. The van der Waals surface area contributed by atoms with Crippen molar-refractivity contribution in [3.63, 3.8) is 0 Å². The topological polar surface area (TPSA) is 65.0 Å². The molecule has 0 radical (unpaired) electrons. The van der Waals surface area contributed by atoms with Gasteiger partial charge < -0.3 is 19.3 Å². The second-order valence-electron chi connectivity index (χ2n) is 6.30. The van der Waals surface area contributed by atoms with Crippen LogP contribution in [0.3, 0.4) is 0 Å². The minimum absolute atomic E-state index is 0.0206. The van der Waals surface area contributed by atoms with Crippen molar-refractivity contribution in [1.82, 2.24) is 0 Å². The second-order valence-corrected chi connectivity index (χ2v) is 6.30. The molecule has 0 saturated carbocycles. The highest BCUT2D eigenvalue weighted by Gasteiger charge is 2.49. The Morgan fingerprint density at radius 2 is 2.29 bits per heavy atom. The zero-order valence-electron chi connectivity index (χ0n) is 13.6. The van der Waals surface area contributed by atoms with E-state index in [9.17, 15) is 9.90 Å². The quantitative estimate of drug-likeness (QED) is 0.577. The Hall–Kier alpha value is -0.910. The summed E-state index contributed by atoms with van der Waals surface area (Å²) < 4.78 is 16.8. The second kappa shape index (κ2) is 7.38. The van der Waals surface area contributed by atoms with Gasteiger partial charge in [0.2, 0.25) is 0 Å². The number of ether oxygens (including phenoxy) is 3. The number of esters is 1. The Morgan fingerprint density at radius 1 is 1.62 bits per heavy atom. The van der Waals surface area contributed by atoms with Crippen molar-refractivity contribution in [3.8, 4) is 0 Å². The Balaban J connectivity index is 2.87. The molecule has 1 unspecified atom stereocenters. The van der Waals surface area contributed by atoms with E-state index in [2.05, 4.69) is 6.58 Å². The molecule has 122 valence electrons. The molecule has 1 rings (SSSR count). The minimum atomic E-state index is -0.992. The Labute approximate surface area is 127 Å². The maximum atomic E-state index is 12.1. The van der Waals surface area contributed by atoms with E-state index in [-0.39, 0.29) is 30.7 Å². The molecule has 1 fully saturated rings. The molecule has 1 aliphatic rings. The van der Waals surface area contributed by atoms with Gasteiger partial charge in [-0.3, -0.25) is 4.79 Å². The van der Waals surface area contributed by atoms with Crippen LogP contribution < -0.4 is 0 Å². The molecule has 0 spiro atoms. The molecule has 1 N–H and O–H groups in total. The fraction of sp³-hybridized carbons (Fsp3) is 0.812. The molecule has 0 aliphatic carbocycles. The third kappa shape index (κ3) is 4.05. The summed E-state index contributed by atoms with van der Waals surface area (Å²) in [5.74, 6) is -1.90. The summed E-state index contributed by atoms with van der Waals surface area (Å²) in [6.07, 6.45) is 3.72. The first-order valence-electron chi connectivity index (χ1n) is 7.44. The first-order chi connectivity index (χ1) is 9.83. The van der Waals surface area contributed by atoms with E-state index in [1.165, 1.54) is 6.08 Å². The lowest BCUT2D eigenvalue weighted by Gasteiger charge is -2.47. The first-order valence-corrected chi connectivity index (χ1v) is 7.44. The highest BCUT2D eigenvalue weighted by Crippen LogP contribution is 2.41. The van der Waals surface area contributed by atoms with Gasteiger partial charge in [-0.15, -0.1) is 0 Å². The monoisotopic (exact) mass is 300 g/mol. The predicted molar refractivity (Wildman–Crippen MR) is 79.7 cm³/mol. The molecule has 0 aromatic rings. The standard InChI is InChI=1S/C16H28O5/c1-6-10-20-14(18)12(2)16(19-5)9-7-8-13(21-16)15(3,4)11-17/h6,12-13,17H,1,7-11H2,2-5H3/t12?,13-,16+/m1/s1. The van der Waals surface area contributed by atoms with Crippen molar-refractivity contribution in [1.29, 1.82) is 0 Å². The molecule has 3 atom stereocenters. The number of rotatable bonds is 7. The van der Waals surface area contributed by atoms with E-state index in [1.807, 2.05) is 13.8 Å². The van der Waals surface area contributed by atoms with E-state index in [4.69, 9.17) is 14.2 Å². The first kappa shape index (κ1) is 18.1. The molecule has 1 saturated heterocycles. The van der Waals surface area contributed by atoms with Gasteiger partial charge in [-0.05, 0) is 19.8 Å². The number of carbonyl (C=O) groups is 1. The summed E-state index contributed by atoms with van der Waals surface area (Å²) >= 11 is 0. The summed E-state index contributed by atoms with van der Waals surface area (Å²) in [5, 5.41) is 9.53. The number of aliphatic hydroxyl groups excluding tert-OH is 1. The zero-order valence-corrected chi connectivity index (χ0v) is 13.6. The van der Waals surface area contributed by atoms with Crippen molar-refractivity contribution in [2.75, 3.05) is 20.3 Å². The molecule has 5 nitrogen and oxygen atoms in total. The van der Waals surface area contributed by atoms with E-state index in [1.54, 1.807) is 14.0 Å². The third-order valence-electron chi connectivity index (χ3n) is 4.31. The van der Waals surface area contributed by atoms with Gasteiger partial charge in [0.15, 0.2) is 5.79 Å². The summed E-state index contributed by atoms with van der Waals surface area (Å²) in [7, 11) is 1.55. The summed E-state index contributed by atoms with van der Waals surface area (Å²) in [6, 6.07) is 0. The maximum Gasteiger partial charge on any atom is 0.314 e. The molecule has 0 aromatic heterocycles. The molecule has 0 aromatic carbocycles.